The quantitative estimate of drug-likeness (QED) is 0.747. The molecule has 0 aromatic carbocycles. The van der Waals surface area contributed by atoms with Crippen molar-refractivity contribution >= 4 is 34.7 Å². The highest BCUT2D eigenvalue weighted by Gasteiger charge is 2.14. The molecular formula is C14H13N3O2S2. The Kier molecular flexibility index (Phi) is 3.69. The Hall–Kier alpha value is -1.86. The van der Waals surface area contributed by atoms with E-state index in [4.69, 9.17) is 5.11 Å². The van der Waals surface area contributed by atoms with E-state index < -0.39 is 5.97 Å². The number of hydrogen-bond donors (Lipinski definition) is 1. The van der Waals surface area contributed by atoms with Crippen molar-refractivity contribution in [2.75, 3.05) is 0 Å². The Morgan fingerprint density at radius 2 is 2.14 bits per heavy atom. The fraction of sp³-hybridized carbons (Fsp3) is 0.214. The van der Waals surface area contributed by atoms with Gasteiger partial charge in [-0.05, 0) is 25.5 Å². The molecule has 0 aliphatic carbocycles. The molecular weight excluding hydrogens is 306 g/mol. The molecule has 3 aromatic rings. The Labute approximate surface area is 129 Å². The summed E-state index contributed by atoms with van der Waals surface area (Å²) < 4.78 is 2.76. The molecule has 0 unspecified atom stereocenters. The molecule has 0 amide bonds. The number of thioether (sulfide) groups is 1. The summed E-state index contributed by atoms with van der Waals surface area (Å²) >= 11 is 2.73. The molecule has 0 fully saturated rings. The summed E-state index contributed by atoms with van der Waals surface area (Å²) in [4.78, 5) is 20.1. The first-order chi connectivity index (χ1) is 10.0. The highest BCUT2D eigenvalue weighted by atomic mass is 32.2. The van der Waals surface area contributed by atoms with Crippen LogP contribution in [0.3, 0.4) is 0 Å². The first-order valence-electron chi connectivity index (χ1n) is 6.30. The normalized spacial score (nSPS) is 11.1. The maximum Gasteiger partial charge on any atom is 0.347 e. The predicted molar refractivity (Wildman–Crippen MR) is 83.3 cm³/mol. The lowest BCUT2D eigenvalue weighted by molar-refractivity contribution is 0.0701. The van der Waals surface area contributed by atoms with E-state index in [0.29, 0.717) is 16.3 Å². The number of aryl methyl sites for hydroxylation is 2. The fourth-order valence-electron chi connectivity index (χ4n) is 1.99. The molecule has 0 atom stereocenters. The molecule has 3 heterocycles. The third kappa shape index (κ3) is 2.93. The van der Waals surface area contributed by atoms with Gasteiger partial charge in [0.15, 0.2) is 4.34 Å². The van der Waals surface area contributed by atoms with Crippen molar-refractivity contribution in [2.24, 2.45) is 0 Å². The van der Waals surface area contributed by atoms with Gasteiger partial charge in [-0.15, -0.1) is 11.3 Å². The van der Waals surface area contributed by atoms with Crippen molar-refractivity contribution in [3.63, 3.8) is 0 Å². The summed E-state index contributed by atoms with van der Waals surface area (Å²) in [5, 5.41) is 9.03. The smallest absolute Gasteiger partial charge is 0.347 e. The zero-order valence-electron chi connectivity index (χ0n) is 11.5. The maximum atomic E-state index is 11.0. The number of carboxylic acid groups (broad SMARTS) is 1. The lowest BCUT2D eigenvalue weighted by Crippen LogP contribution is -1.94. The van der Waals surface area contributed by atoms with Crippen molar-refractivity contribution in [3.8, 4) is 0 Å². The van der Waals surface area contributed by atoms with E-state index in [1.165, 1.54) is 28.7 Å². The highest BCUT2D eigenvalue weighted by Crippen LogP contribution is 2.29. The summed E-state index contributed by atoms with van der Waals surface area (Å²) in [5.74, 6) is -0.243. The topological polar surface area (TPSA) is 67.5 Å². The minimum absolute atomic E-state index is 0.308. The SMILES string of the molecule is Cc1ccc2nc(CSc3nc(C)c(C(=O)O)s3)cn2c1. The van der Waals surface area contributed by atoms with Crippen molar-refractivity contribution in [3.05, 3.63) is 46.4 Å². The molecule has 1 N–H and O–H groups in total. The van der Waals surface area contributed by atoms with E-state index in [9.17, 15) is 4.79 Å². The van der Waals surface area contributed by atoms with Crippen LogP contribution in [0.2, 0.25) is 0 Å². The number of pyridine rings is 1. The number of nitrogens with zero attached hydrogens (tertiary/aromatic N) is 3. The molecule has 0 saturated heterocycles. The van der Waals surface area contributed by atoms with E-state index in [-0.39, 0.29) is 0 Å². The highest BCUT2D eigenvalue weighted by molar-refractivity contribution is 8.00. The lowest BCUT2D eigenvalue weighted by Gasteiger charge is -1.93. The molecule has 0 bridgehead atoms. The molecule has 0 saturated carbocycles. The van der Waals surface area contributed by atoms with E-state index >= 15 is 0 Å². The van der Waals surface area contributed by atoms with Crippen LogP contribution in [0.1, 0.15) is 26.6 Å². The molecule has 3 aromatic heterocycles. The van der Waals surface area contributed by atoms with Crippen molar-refractivity contribution in [1.29, 1.82) is 0 Å². The number of fused-ring (bicyclic) bond motifs is 1. The molecule has 0 radical (unpaired) electrons. The van der Waals surface area contributed by atoms with Crippen LogP contribution >= 0.6 is 23.1 Å². The van der Waals surface area contributed by atoms with Crippen LogP contribution < -0.4 is 0 Å². The summed E-state index contributed by atoms with van der Waals surface area (Å²) in [6.45, 7) is 3.76. The zero-order valence-corrected chi connectivity index (χ0v) is 13.2. The first kappa shape index (κ1) is 14.1. The van der Waals surface area contributed by atoms with Gasteiger partial charge in [-0.3, -0.25) is 0 Å². The molecule has 21 heavy (non-hydrogen) atoms. The van der Waals surface area contributed by atoms with Crippen LogP contribution in [0.25, 0.3) is 5.65 Å². The van der Waals surface area contributed by atoms with Gasteiger partial charge in [-0.1, -0.05) is 17.8 Å². The molecule has 3 rings (SSSR count). The first-order valence-corrected chi connectivity index (χ1v) is 8.11. The van der Waals surface area contributed by atoms with E-state index in [1.54, 1.807) is 6.92 Å². The van der Waals surface area contributed by atoms with Crippen LogP contribution in [0.15, 0.2) is 28.9 Å². The lowest BCUT2D eigenvalue weighted by atomic mass is 10.3. The Morgan fingerprint density at radius 1 is 1.33 bits per heavy atom. The largest absolute Gasteiger partial charge is 0.477 e. The van der Waals surface area contributed by atoms with E-state index in [1.807, 2.05) is 35.9 Å². The molecule has 5 nitrogen and oxygen atoms in total. The third-order valence-electron chi connectivity index (χ3n) is 2.96. The monoisotopic (exact) mass is 319 g/mol. The van der Waals surface area contributed by atoms with Crippen LogP contribution in [0.4, 0.5) is 0 Å². The molecule has 0 aliphatic rings. The van der Waals surface area contributed by atoms with Gasteiger partial charge in [0.05, 0.1) is 11.4 Å². The average Bonchev–Trinajstić information content (AvgIpc) is 2.99. The van der Waals surface area contributed by atoms with Crippen LogP contribution in [-0.2, 0) is 5.75 Å². The molecule has 0 aliphatic heterocycles. The number of aromatic nitrogens is 3. The van der Waals surface area contributed by atoms with Crippen LogP contribution in [0.5, 0.6) is 0 Å². The number of hydrogen-bond acceptors (Lipinski definition) is 5. The predicted octanol–water partition coefficient (Wildman–Crippen LogP) is 3.40. The molecule has 7 heteroatoms. The Bertz CT molecular complexity index is 823. The maximum absolute atomic E-state index is 11.0. The number of rotatable bonds is 4. The Morgan fingerprint density at radius 3 is 2.86 bits per heavy atom. The number of aromatic carboxylic acids is 1. The van der Waals surface area contributed by atoms with Gasteiger partial charge in [0, 0.05) is 18.1 Å². The number of carbonyl (C=O) groups is 1. The fourth-order valence-corrected chi connectivity index (χ4v) is 3.90. The summed E-state index contributed by atoms with van der Waals surface area (Å²) in [6.07, 6.45) is 4.03. The van der Waals surface area contributed by atoms with E-state index in [2.05, 4.69) is 9.97 Å². The van der Waals surface area contributed by atoms with Crippen LogP contribution in [-0.4, -0.2) is 25.4 Å². The van der Waals surface area contributed by atoms with Gasteiger partial charge < -0.3 is 9.51 Å². The molecule has 108 valence electrons. The second-order valence-electron chi connectivity index (χ2n) is 4.69. The second-order valence-corrected chi connectivity index (χ2v) is 6.91. The van der Waals surface area contributed by atoms with Crippen molar-refractivity contribution < 1.29 is 9.90 Å². The standard InChI is InChI=1S/C14H13N3O2S2/c1-8-3-4-11-16-10(6-17(11)5-8)7-20-14-15-9(2)12(21-14)13(18)19/h3-6H,7H2,1-2H3,(H,18,19). The number of imidazole rings is 1. The van der Waals surface area contributed by atoms with Crippen molar-refractivity contribution in [2.45, 2.75) is 23.9 Å². The summed E-state index contributed by atoms with van der Waals surface area (Å²) in [5.41, 5.74) is 3.62. The summed E-state index contributed by atoms with van der Waals surface area (Å²) in [7, 11) is 0. The van der Waals surface area contributed by atoms with Crippen molar-refractivity contribution in [1.82, 2.24) is 14.4 Å². The van der Waals surface area contributed by atoms with Gasteiger partial charge >= 0.3 is 5.97 Å². The number of carboxylic acids is 1. The Balaban J connectivity index is 1.77. The van der Waals surface area contributed by atoms with Crippen LogP contribution in [0, 0.1) is 13.8 Å². The second kappa shape index (κ2) is 5.50. The van der Waals surface area contributed by atoms with E-state index in [0.717, 1.165) is 15.7 Å². The average molecular weight is 319 g/mol. The zero-order chi connectivity index (χ0) is 15.0. The van der Waals surface area contributed by atoms with Gasteiger partial charge in [-0.25, -0.2) is 14.8 Å². The number of thiazole rings is 1. The summed E-state index contributed by atoms with van der Waals surface area (Å²) in [6, 6.07) is 4.02. The molecule has 0 spiro atoms. The third-order valence-corrected chi connectivity index (χ3v) is 5.29. The minimum Gasteiger partial charge on any atom is -0.477 e. The minimum atomic E-state index is -0.917. The van der Waals surface area contributed by atoms with Gasteiger partial charge in [0.1, 0.15) is 10.5 Å². The van der Waals surface area contributed by atoms with Gasteiger partial charge in [0.25, 0.3) is 0 Å². The van der Waals surface area contributed by atoms with Gasteiger partial charge in [-0.2, -0.15) is 0 Å². The van der Waals surface area contributed by atoms with Gasteiger partial charge in [0.2, 0.25) is 0 Å².